The van der Waals surface area contributed by atoms with E-state index in [1.807, 2.05) is 12.1 Å². The van der Waals surface area contributed by atoms with Gasteiger partial charge in [0.15, 0.2) is 0 Å². The van der Waals surface area contributed by atoms with Crippen molar-refractivity contribution in [2.75, 3.05) is 37.6 Å². The minimum Gasteiger partial charge on any atom is -0.382 e. The van der Waals surface area contributed by atoms with Gasteiger partial charge in [0.1, 0.15) is 11.5 Å². The molecule has 5 heteroatoms. The summed E-state index contributed by atoms with van der Waals surface area (Å²) in [7, 11) is 0. The predicted octanol–water partition coefficient (Wildman–Crippen LogP) is 0.898. The molecule has 1 aliphatic heterocycles. The lowest BCUT2D eigenvalue weighted by Gasteiger charge is -2.36. The zero-order valence-corrected chi connectivity index (χ0v) is 10.9. The number of hydrogen-bond acceptors (Lipinski definition) is 4. The highest BCUT2D eigenvalue weighted by Gasteiger charge is 2.19. The van der Waals surface area contributed by atoms with Crippen molar-refractivity contribution in [2.24, 2.45) is 5.73 Å². The molecule has 1 aromatic heterocycles. The molecule has 0 saturated carbocycles. The highest BCUT2D eigenvalue weighted by atomic mass is 15.3. The fourth-order valence-corrected chi connectivity index (χ4v) is 2.39. The summed E-state index contributed by atoms with van der Waals surface area (Å²) in [6.45, 7) is 7.47. The summed E-state index contributed by atoms with van der Waals surface area (Å²) in [4.78, 5) is 8.95. The smallest absolute Gasteiger partial charge is 0.143 e. The van der Waals surface area contributed by atoms with E-state index in [1.165, 1.54) is 13.0 Å². The number of nitrogens with zero attached hydrogens (tertiary/aromatic N) is 3. The molecule has 3 N–H and O–H groups in total. The normalized spacial score (nSPS) is 16.8. The Bertz CT molecular complexity index is 410. The molecule has 0 atom stereocenters. The van der Waals surface area contributed by atoms with E-state index >= 15 is 0 Å². The highest BCUT2D eigenvalue weighted by Crippen LogP contribution is 2.19. The van der Waals surface area contributed by atoms with E-state index in [2.05, 4.69) is 21.7 Å². The lowest BCUT2D eigenvalue weighted by Crippen LogP contribution is -2.47. The summed E-state index contributed by atoms with van der Waals surface area (Å²) in [5.74, 6) is 0.0431. The molecular weight excluding hydrogens is 226 g/mol. The summed E-state index contributed by atoms with van der Waals surface area (Å²) in [5, 5.41) is 7.58. The first-order chi connectivity index (χ1) is 8.72. The summed E-state index contributed by atoms with van der Waals surface area (Å²) in [6, 6.07) is 3.90. The number of amidine groups is 1. The first kappa shape index (κ1) is 12.8. The molecule has 2 heterocycles. The van der Waals surface area contributed by atoms with E-state index in [9.17, 15) is 0 Å². The van der Waals surface area contributed by atoms with Gasteiger partial charge in [0, 0.05) is 32.4 Å². The van der Waals surface area contributed by atoms with Gasteiger partial charge >= 0.3 is 0 Å². The molecule has 1 saturated heterocycles. The third kappa shape index (κ3) is 2.79. The molecule has 1 aliphatic rings. The third-order valence-corrected chi connectivity index (χ3v) is 3.29. The Balaban J connectivity index is 2.07. The van der Waals surface area contributed by atoms with Crippen LogP contribution >= 0.6 is 0 Å². The number of pyridine rings is 1. The Kier molecular flexibility index (Phi) is 4.15. The van der Waals surface area contributed by atoms with Crippen molar-refractivity contribution in [1.29, 1.82) is 5.41 Å². The Morgan fingerprint density at radius 1 is 1.39 bits per heavy atom. The van der Waals surface area contributed by atoms with Gasteiger partial charge in [-0.2, -0.15) is 0 Å². The number of rotatable bonds is 4. The van der Waals surface area contributed by atoms with Crippen molar-refractivity contribution in [1.82, 2.24) is 9.88 Å². The fourth-order valence-electron chi connectivity index (χ4n) is 2.39. The highest BCUT2D eigenvalue weighted by molar-refractivity contribution is 5.98. The number of nitrogen functional groups attached to an aromatic ring is 1. The second kappa shape index (κ2) is 5.82. The van der Waals surface area contributed by atoms with Crippen LogP contribution < -0.4 is 10.6 Å². The van der Waals surface area contributed by atoms with Crippen LogP contribution in [0, 0.1) is 5.41 Å². The van der Waals surface area contributed by atoms with Gasteiger partial charge in [0.05, 0.1) is 5.69 Å². The van der Waals surface area contributed by atoms with Crippen molar-refractivity contribution < 1.29 is 0 Å². The quantitative estimate of drug-likeness (QED) is 0.612. The zero-order chi connectivity index (χ0) is 13.0. The van der Waals surface area contributed by atoms with Gasteiger partial charge in [-0.15, -0.1) is 0 Å². The molecule has 18 heavy (non-hydrogen) atoms. The molecule has 98 valence electrons. The lowest BCUT2D eigenvalue weighted by atomic mass is 10.2. The molecule has 2 rings (SSSR count). The Hall–Kier alpha value is -1.62. The molecule has 0 amide bonds. The number of nitrogens with one attached hydrogen (secondary N) is 1. The molecule has 0 radical (unpaired) electrons. The van der Waals surface area contributed by atoms with Gasteiger partial charge in [-0.1, -0.05) is 6.92 Å². The number of hydrogen-bond donors (Lipinski definition) is 2. The maximum atomic E-state index is 7.58. The minimum absolute atomic E-state index is 0.0431. The Labute approximate surface area is 108 Å². The van der Waals surface area contributed by atoms with Crippen LogP contribution in [0.4, 0.5) is 5.69 Å². The molecule has 0 aliphatic carbocycles. The second-order valence-electron chi connectivity index (χ2n) is 4.61. The van der Waals surface area contributed by atoms with Crippen LogP contribution in [0.5, 0.6) is 0 Å². The van der Waals surface area contributed by atoms with E-state index in [0.717, 1.165) is 31.9 Å². The average Bonchev–Trinajstić information content (AvgIpc) is 2.40. The molecule has 1 fully saturated rings. The molecule has 0 bridgehead atoms. The molecule has 0 spiro atoms. The molecule has 1 aromatic rings. The molecule has 0 aromatic carbocycles. The molecule has 5 nitrogen and oxygen atoms in total. The van der Waals surface area contributed by atoms with Crippen LogP contribution in [-0.2, 0) is 0 Å². The lowest BCUT2D eigenvalue weighted by molar-refractivity contribution is 0.258. The predicted molar refractivity (Wildman–Crippen MR) is 74.2 cm³/mol. The number of piperazine rings is 1. The summed E-state index contributed by atoms with van der Waals surface area (Å²) >= 11 is 0. The third-order valence-electron chi connectivity index (χ3n) is 3.29. The van der Waals surface area contributed by atoms with Gasteiger partial charge < -0.3 is 10.6 Å². The van der Waals surface area contributed by atoms with E-state index in [1.54, 1.807) is 6.20 Å². The number of aromatic nitrogens is 1. The fraction of sp³-hybridized carbons (Fsp3) is 0.538. The van der Waals surface area contributed by atoms with Gasteiger partial charge in [0.25, 0.3) is 0 Å². The van der Waals surface area contributed by atoms with Crippen LogP contribution in [0.2, 0.25) is 0 Å². The van der Waals surface area contributed by atoms with Crippen molar-refractivity contribution in [3.8, 4) is 0 Å². The van der Waals surface area contributed by atoms with Crippen molar-refractivity contribution in [2.45, 2.75) is 13.3 Å². The van der Waals surface area contributed by atoms with Crippen LogP contribution in [0.3, 0.4) is 0 Å². The summed E-state index contributed by atoms with van der Waals surface area (Å²) < 4.78 is 0. The van der Waals surface area contributed by atoms with Gasteiger partial charge in [-0.3, -0.25) is 15.3 Å². The first-order valence-corrected chi connectivity index (χ1v) is 6.49. The Morgan fingerprint density at radius 2 is 2.11 bits per heavy atom. The van der Waals surface area contributed by atoms with E-state index < -0.39 is 0 Å². The Morgan fingerprint density at radius 3 is 2.72 bits per heavy atom. The van der Waals surface area contributed by atoms with Crippen molar-refractivity contribution in [3.63, 3.8) is 0 Å². The van der Waals surface area contributed by atoms with Crippen LogP contribution in [0.1, 0.15) is 19.0 Å². The topological polar surface area (TPSA) is 69.2 Å². The second-order valence-corrected chi connectivity index (χ2v) is 4.61. The number of anilines is 1. The maximum Gasteiger partial charge on any atom is 0.143 e. The average molecular weight is 247 g/mol. The summed E-state index contributed by atoms with van der Waals surface area (Å²) in [5.41, 5.74) is 7.17. The van der Waals surface area contributed by atoms with E-state index in [4.69, 9.17) is 11.1 Å². The SMILES string of the molecule is CCCN1CCN(c2cccnc2C(=N)N)CC1. The maximum absolute atomic E-state index is 7.58. The standard InChI is InChI=1S/C13H21N5/c1-2-6-17-7-9-18(10-8-17)11-4-3-5-16-12(11)13(14)15/h3-5H,2,6-10H2,1H3,(H3,14,15). The van der Waals surface area contributed by atoms with Crippen molar-refractivity contribution in [3.05, 3.63) is 24.0 Å². The van der Waals surface area contributed by atoms with Crippen molar-refractivity contribution >= 4 is 11.5 Å². The van der Waals surface area contributed by atoms with Crippen LogP contribution in [-0.4, -0.2) is 48.4 Å². The first-order valence-electron chi connectivity index (χ1n) is 6.49. The monoisotopic (exact) mass is 247 g/mol. The van der Waals surface area contributed by atoms with E-state index in [-0.39, 0.29) is 5.84 Å². The summed E-state index contributed by atoms with van der Waals surface area (Å²) in [6.07, 6.45) is 2.89. The van der Waals surface area contributed by atoms with E-state index in [0.29, 0.717) is 5.69 Å². The number of nitrogens with two attached hydrogens (primary N) is 1. The minimum atomic E-state index is 0.0431. The zero-order valence-electron chi connectivity index (χ0n) is 10.9. The largest absolute Gasteiger partial charge is 0.382 e. The van der Waals surface area contributed by atoms with Gasteiger partial charge in [0.2, 0.25) is 0 Å². The van der Waals surface area contributed by atoms with Gasteiger partial charge in [-0.25, -0.2) is 0 Å². The van der Waals surface area contributed by atoms with Crippen LogP contribution in [0.15, 0.2) is 18.3 Å². The van der Waals surface area contributed by atoms with Gasteiger partial charge in [-0.05, 0) is 25.1 Å². The van der Waals surface area contributed by atoms with Crippen LogP contribution in [0.25, 0.3) is 0 Å². The molecular formula is C13H21N5. The molecule has 0 unspecified atom stereocenters.